The second-order valence-corrected chi connectivity index (χ2v) is 3.49. The predicted molar refractivity (Wildman–Crippen MR) is 41.8 cm³/mol. The van der Waals surface area contributed by atoms with Crippen LogP contribution in [0.5, 0.6) is 0 Å². The number of ether oxygens (including phenoxy) is 1. The van der Waals surface area contributed by atoms with Crippen LogP contribution in [-0.2, 0) is 9.53 Å². The molecule has 2 heterocycles. The molecule has 0 aliphatic carbocycles. The molecule has 0 aromatic heterocycles. The van der Waals surface area contributed by atoms with E-state index in [0.717, 1.165) is 6.42 Å². The van der Waals surface area contributed by atoms with Crippen molar-refractivity contribution in [2.24, 2.45) is 11.8 Å². The van der Waals surface area contributed by atoms with E-state index in [2.05, 4.69) is 5.32 Å². The lowest BCUT2D eigenvalue weighted by Crippen LogP contribution is -2.37. The summed E-state index contributed by atoms with van der Waals surface area (Å²) in [6.45, 7) is 2.00. The number of hydrogen-bond acceptors (Lipinski definition) is 3. The normalized spacial score (nSPS) is 40.8. The highest BCUT2D eigenvalue weighted by molar-refractivity contribution is 5.71. The van der Waals surface area contributed by atoms with Crippen LogP contribution in [-0.4, -0.2) is 36.9 Å². The molecule has 2 fully saturated rings. The highest BCUT2D eigenvalue weighted by Crippen LogP contribution is 2.29. The van der Waals surface area contributed by atoms with E-state index < -0.39 is 5.97 Å². The fourth-order valence-corrected chi connectivity index (χ4v) is 2.15. The van der Waals surface area contributed by atoms with Gasteiger partial charge in [0.1, 0.15) is 0 Å². The van der Waals surface area contributed by atoms with Crippen molar-refractivity contribution in [1.82, 2.24) is 5.32 Å². The van der Waals surface area contributed by atoms with Crippen LogP contribution in [0.2, 0.25) is 0 Å². The van der Waals surface area contributed by atoms with E-state index in [9.17, 15) is 4.79 Å². The molecule has 2 aliphatic rings. The summed E-state index contributed by atoms with van der Waals surface area (Å²) in [4.78, 5) is 10.8. The van der Waals surface area contributed by atoms with Crippen LogP contribution in [0, 0.1) is 11.8 Å². The van der Waals surface area contributed by atoms with Gasteiger partial charge in [0.25, 0.3) is 0 Å². The average Bonchev–Trinajstić information content (AvgIpc) is 2.47. The topological polar surface area (TPSA) is 58.6 Å². The van der Waals surface area contributed by atoms with Crippen molar-refractivity contribution in [2.75, 3.05) is 19.8 Å². The molecule has 2 rings (SSSR count). The van der Waals surface area contributed by atoms with Gasteiger partial charge in [-0.1, -0.05) is 0 Å². The second-order valence-electron chi connectivity index (χ2n) is 3.49. The van der Waals surface area contributed by atoms with Gasteiger partial charge in [-0.3, -0.25) is 4.79 Å². The zero-order valence-electron chi connectivity index (χ0n) is 6.82. The summed E-state index contributed by atoms with van der Waals surface area (Å²) < 4.78 is 5.26. The Hall–Kier alpha value is -0.610. The minimum atomic E-state index is -0.670. The minimum Gasteiger partial charge on any atom is -0.481 e. The zero-order chi connectivity index (χ0) is 8.55. The van der Waals surface area contributed by atoms with Gasteiger partial charge in [0.05, 0.1) is 12.5 Å². The second kappa shape index (κ2) is 3.03. The standard InChI is InChI=1S/C8H13NO3/c10-8(11)6-3-9-7-4-12-2-1-5(6)7/h5-7,9H,1-4H2,(H,10,11). The molecule has 0 amide bonds. The number of aliphatic carboxylic acids is 1. The highest BCUT2D eigenvalue weighted by Gasteiger charge is 2.41. The lowest BCUT2D eigenvalue weighted by Gasteiger charge is -2.26. The van der Waals surface area contributed by atoms with E-state index in [-0.39, 0.29) is 17.9 Å². The predicted octanol–water partition coefficient (Wildman–Crippen LogP) is -0.305. The van der Waals surface area contributed by atoms with Crippen molar-refractivity contribution in [3.63, 3.8) is 0 Å². The van der Waals surface area contributed by atoms with Gasteiger partial charge in [-0.2, -0.15) is 0 Å². The first-order valence-corrected chi connectivity index (χ1v) is 4.33. The molecule has 2 saturated heterocycles. The first-order valence-electron chi connectivity index (χ1n) is 4.33. The molecule has 0 bridgehead atoms. The van der Waals surface area contributed by atoms with Crippen molar-refractivity contribution >= 4 is 5.97 Å². The highest BCUT2D eigenvalue weighted by atomic mass is 16.5. The molecule has 12 heavy (non-hydrogen) atoms. The van der Waals surface area contributed by atoms with Gasteiger partial charge >= 0.3 is 5.97 Å². The van der Waals surface area contributed by atoms with E-state index in [0.29, 0.717) is 19.8 Å². The number of hydrogen-bond donors (Lipinski definition) is 2. The van der Waals surface area contributed by atoms with Gasteiger partial charge in [0.2, 0.25) is 0 Å². The van der Waals surface area contributed by atoms with Crippen LogP contribution in [0.15, 0.2) is 0 Å². The van der Waals surface area contributed by atoms with Crippen LogP contribution >= 0.6 is 0 Å². The van der Waals surface area contributed by atoms with E-state index in [1.807, 2.05) is 0 Å². The molecule has 3 unspecified atom stereocenters. The minimum absolute atomic E-state index is 0.195. The van der Waals surface area contributed by atoms with E-state index in [1.165, 1.54) is 0 Å². The summed E-state index contributed by atoms with van der Waals surface area (Å²) in [5.74, 6) is -0.577. The summed E-state index contributed by atoms with van der Waals surface area (Å²) in [6.07, 6.45) is 0.884. The molecule has 4 nitrogen and oxygen atoms in total. The SMILES string of the molecule is O=C(O)C1CNC2COCCC21. The third-order valence-electron chi connectivity index (χ3n) is 2.84. The first-order chi connectivity index (χ1) is 5.79. The average molecular weight is 171 g/mol. The van der Waals surface area contributed by atoms with E-state index >= 15 is 0 Å². The third kappa shape index (κ3) is 1.21. The smallest absolute Gasteiger partial charge is 0.308 e. The van der Waals surface area contributed by atoms with Crippen LogP contribution in [0.1, 0.15) is 6.42 Å². The Bertz CT molecular complexity index is 195. The van der Waals surface area contributed by atoms with Gasteiger partial charge in [0.15, 0.2) is 0 Å². The maximum absolute atomic E-state index is 10.8. The number of carbonyl (C=O) groups is 1. The van der Waals surface area contributed by atoms with Crippen LogP contribution < -0.4 is 5.32 Å². The molecule has 2 N–H and O–H groups in total. The third-order valence-corrected chi connectivity index (χ3v) is 2.84. The number of fused-ring (bicyclic) bond motifs is 1. The molecule has 0 aromatic carbocycles. The van der Waals surface area contributed by atoms with Crippen LogP contribution in [0.25, 0.3) is 0 Å². The fraction of sp³-hybridized carbons (Fsp3) is 0.875. The molecular weight excluding hydrogens is 158 g/mol. The van der Waals surface area contributed by atoms with Gasteiger partial charge in [0, 0.05) is 19.2 Å². The van der Waals surface area contributed by atoms with Crippen molar-refractivity contribution < 1.29 is 14.6 Å². The van der Waals surface area contributed by atoms with Crippen molar-refractivity contribution in [3.05, 3.63) is 0 Å². The molecular formula is C8H13NO3. The quantitative estimate of drug-likeness (QED) is 0.568. The van der Waals surface area contributed by atoms with Crippen molar-refractivity contribution in [3.8, 4) is 0 Å². The van der Waals surface area contributed by atoms with Gasteiger partial charge < -0.3 is 15.2 Å². The lowest BCUT2D eigenvalue weighted by molar-refractivity contribution is -0.143. The monoisotopic (exact) mass is 171 g/mol. The van der Waals surface area contributed by atoms with E-state index in [4.69, 9.17) is 9.84 Å². The van der Waals surface area contributed by atoms with Crippen molar-refractivity contribution in [1.29, 1.82) is 0 Å². The summed E-state index contributed by atoms with van der Waals surface area (Å²) in [5.41, 5.74) is 0. The molecule has 0 radical (unpaired) electrons. The Kier molecular flexibility index (Phi) is 2.02. The largest absolute Gasteiger partial charge is 0.481 e. The number of carboxylic acids is 1. The molecule has 2 aliphatic heterocycles. The molecule has 3 atom stereocenters. The van der Waals surface area contributed by atoms with E-state index in [1.54, 1.807) is 0 Å². The number of nitrogens with one attached hydrogen (secondary N) is 1. The van der Waals surface area contributed by atoms with Gasteiger partial charge in [-0.25, -0.2) is 0 Å². The van der Waals surface area contributed by atoms with Gasteiger partial charge in [-0.05, 0) is 12.3 Å². The molecule has 0 spiro atoms. The Morgan fingerprint density at radius 2 is 2.42 bits per heavy atom. The van der Waals surface area contributed by atoms with Crippen molar-refractivity contribution in [2.45, 2.75) is 12.5 Å². The summed E-state index contributed by atoms with van der Waals surface area (Å²) in [6, 6.07) is 0.278. The Morgan fingerprint density at radius 3 is 3.17 bits per heavy atom. The maximum Gasteiger partial charge on any atom is 0.308 e. The maximum atomic E-state index is 10.8. The Balaban J connectivity index is 2.05. The molecule has 0 saturated carbocycles. The molecule has 0 aromatic rings. The molecule has 4 heteroatoms. The van der Waals surface area contributed by atoms with Gasteiger partial charge in [-0.15, -0.1) is 0 Å². The summed E-state index contributed by atoms with van der Waals surface area (Å²) >= 11 is 0. The van der Waals surface area contributed by atoms with Crippen LogP contribution in [0.4, 0.5) is 0 Å². The van der Waals surface area contributed by atoms with Crippen LogP contribution in [0.3, 0.4) is 0 Å². The summed E-state index contributed by atoms with van der Waals surface area (Å²) in [7, 11) is 0. The lowest BCUT2D eigenvalue weighted by atomic mass is 9.87. The number of carboxylic acid groups (broad SMARTS) is 1. The molecule has 68 valence electrons. The first kappa shape index (κ1) is 8.01. The number of rotatable bonds is 1. The summed E-state index contributed by atoms with van der Waals surface area (Å²) in [5, 5.41) is 12.1. The Labute approximate surface area is 70.9 Å². The Morgan fingerprint density at radius 1 is 1.58 bits per heavy atom. The zero-order valence-corrected chi connectivity index (χ0v) is 6.82. The fourth-order valence-electron chi connectivity index (χ4n) is 2.15.